The van der Waals surface area contributed by atoms with Crippen molar-refractivity contribution in [2.75, 3.05) is 6.54 Å². The zero-order chi connectivity index (χ0) is 11.7. The topological polar surface area (TPSA) is 40.5 Å². The van der Waals surface area contributed by atoms with Gasteiger partial charge < -0.3 is 10.0 Å². The molecule has 16 heavy (non-hydrogen) atoms. The lowest BCUT2D eigenvalue weighted by Gasteiger charge is -2.24. The molecule has 3 nitrogen and oxygen atoms in total. The number of carbonyl (C=O) groups is 1. The minimum absolute atomic E-state index is 0.00921. The van der Waals surface area contributed by atoms with E-state index in [9.17, 15) is 9.90 Å². The highest BCUT2D eigenvalue weighted by molar-refractivity contribution is 6.30. The lowest BCUT2D eigenvalue weighted by Crippen LogP contribution is -2.29. The van der Waals surface area contributed by atoms with E-state index in [2.05, 4.69) is 0 Å². The maximum Gasteiger partial charge on any atom is 0.225 e. The third-order valence-electron chi connectivity index (χ3n) is 2.96. The molecule has 1 aromatic carbocycles. The van der Waals surface area contributed by atoms with Crippen molar-refractivity contribution in [3.8, 4) is 0 Å². The van der Waals surface area contributed by atoms with Gasteiger partial charge in [-0.3, -0.25) is 4.79 Å². The van der Waals surface area contributed by atoms with E-state index in [4.69, 9.17) is 11.6 Å². The fraction of sp³-hybridized carbons (Fsp3) is 0.417. The third-order valence-corrected chi connectivity index (χ3v) is 3.21. The second kappa shape index (κ2) is 4.44. The fourth-order valence-corrected chi connectivity index (χ4v) is 2.13. The molecule has 2 atom stereocenters. The van der Waals surface area contributed by atoms with Gasteiger partial charge in [0.05, 0.1) is 18.6 Å². The number of amides is 1. The standard InChI is InChI=1S/C12H14ClNO2/c1-8(9-2-4-10(13)5-3-9)14-7-11(15)6-12(14)16/h2-5,8,11,15H,6-7H2,1H3. The highest BCUT2D eigenvalue weighted by Crippen LogP contribution is 2.26. The molecular formula is C12H14ClNO2. The predicted octanol–water partition coefficient (Wildman–Crippen LogP) is 1.99. The Morgan fingerprint density at radius 2 is 2.06 bits per heavy atom. The number of likely N-dealkylation sites (tertiary alicyclic amines) is 1. The summed E-state index contributed by atoms with van der Waals surface area (Å²) in [5, 5.41) is 10.1. The van der Waals surface area contributed by atoms with Crippen LogP contribution in [0.3, 0.4) is 0 Å². The number of benzene rings is 1. The SMILES string of the molecule is CC(c1ccc(Cl)cc1)N1CC(O)CC1=O. The summed E-state index contributed by atoms with van der Waals surface area (Å²) >= 11 is 5.81. The van der Waals surface area contributed by atoms with Gasteiger partial charge in [0.25, 0.3) is 0 Å². The Bertz CT molecular complexity index is 391. The average molecular weight is 240 g/mol. The molecule has 0 aliphatic carbocycles. The van der Waals surface area contributed by atoms with Crippen LogP contribution >= 0.6 is 11.6 Å². The number of carbonyl (C=O) groups excluding carboxylic acids is 1. The van der Waals surface area contributed by atoms with Gasteiger partial charge in [-0.25, -0.2) is 0 Å². The molecule has 1 aromatic rings. The normalized spacial score (nSPS) is 22.6. The number of halogens is 1. The van der Waals surface area contributed by atoms with Gasteiger partial charge >= 0.3 is 0 Å². The summed E-state index contributed by atoms with van der Waals surface area (Å²) in [5.41, 5.74) is 1.03. The van der Waals surface area contributed by atoms with Gasteiger partial charge in [0.1, 0.15) is 0 Å². The Kier molecular flexibility index (Phi) is 3.17. The average Bonchev–Trinajstić information content (AvgIpc) is 2.58. The van der Waals surface area contributed by atoms with Crippen molar-refractivity contribution in [2.45, 2.75) is 25.5 Å². The molecule has 0 radical (unpaired) electrons. The first-order chi connectivity index (χ1) is 7.58. The van der Waals surface area contributed by atoms with E-state index in [1.807, 2.05) is 31.2 Å². The first-order valence-corrected chi connectivity index (χ1v) is 5.68. The molecule has 2 unspecified atom stereocenters. The fourth-order valence-electron chi connectivity index (χ4n) is 2.01. The maximum atomic E-state index is 11.6. The van der Waals surface area contributed by atoms with Gasteiger partial charge in [-0.2, -0.15) is 0 Å². The molecule has 1 heterocycles. The molecule has 0 saturated carbocycles. The highest BCUT2D eigenvalue weighted by Gasteiger charge is 2.31. The second-order valence-corrected chi connectivity index (χ2v) is 4.57. The largest absolute Gasteiger partial charge is 0.391 e. The molecule has 0 bridgehead atoms. The van der Waals surface area contributed by atoms with E-state index >= 15 is 0 Å². The van der Waals surface area contributed by atoms with Crippen LogP contribution in [0.4, 0.5) is 0 Å². The van der Waals surface area contributed by atoms with Crippen molar-refractivity contribution in [3.05, 3.63) is 34.9 Å². The van der Waals surface area contributed by atoms with Gasteiger partial charge in [-0.15, -0.1) is 0 Å². The Balaban J connectivity index is 2.16. The number of hydrogen-bond donors (Lipinski definition) is 1. The summed E-state index contributed by atoms with van der Waals surface area (Å²) in [5.74, 6) is 0.00921. The van der Waals surface area contributed by atoms with E-state index < -0.39 is 6.10 Å². The summed E-state index contributed by atoms with van der Waals surface area (Å²) in [4.78, 5) is 13.3. The maximum absolute atomic E-state index is 11.6. The number of hydrogen-bond acceptors (Lipinski definition) is 2. The van der Waals surface area contributed by atoms with E-state index in [1.165, 1.54) is 0 Å². The zero-order valence-electron chi connectivity index (χ0n) is 9.06. The van der Waals surface area contributed by atoms with Crippen molar-refractivity contribution in [1.82, 2.24) is 4.90 Å². The molecule has 4 heteroatoms. The summed E-state index contributed by atoms with van der Waals surface area (Å²) in [6, 6.07) is 7.42. The molecule has 1 amide bonds. The van der Waals surface area contributed by atoms with Crippen molar-refractivity contribution in [2.24, 2.45) is 0 Å². The van der Waals surface area contributed by atoms with Crippen LogP contribution in [-0.2, 0) is 4.79 Å². The Morgan fingerprint density at radius 1 is 1.44 bits per heavy atom. The van der Waals surface area contributed by atoms with Crippen molar-refractivity contribution >= 4 is 17.5 Å². The summed E-state index contributed by atoms with van der Waals surface area (Å²) in [6.07, 6.45) is -0.292. The van der Waals surface area contributed by atoms with Crippen molar-refractivity contribution in [1.29, 1.82) is 0 Å². The second-order valence-electron chi connectivity index (χ2n) is 4.13. The van der Waals surface area contributed by atoms with Crippen LogP contribution < -0.4 is 0 Å². The molecule has 1 N–H and O–H groups in total. The van der Waals surface area contributed by atoms with E-state index in [0.717, 1.165) is 5.56 Å². The molecule has 86 valence electrons. The van der Waals surface area contributed by atoms with Crippen LogP contribution in [-0.4, -0.2) is 28.6 Å². The van der Waals surface area contributed by atoms with E-state index in [0.29, 0.717) is 11.6 Å². The Hall–Kier alpha value is -1.06. The van der Waals surface area contributed by atoms with Crippen LogP contribution in [0.15, 0.2) is 24.3 Å². The van der Waals surface area contributed by atoms with E-state index in [1.54, 1.807) is 4.90 Å². The molecule has 1 aliphatic rings. The highest BCUT2D eigenvalue weighted by atomic mass is 35.5. The van der Waals surface area contributed by atoms with Crippen LogP contribution in [0.2, 0.25) is 5.02 Å². The van der Waals surface area contributed by atoms with Crippen LogP contribution in [0.25, 0.3) is 0 Å². The molecule has 0 aromatic heterocycles. The lowest BCUT2D eigenvalue weighted by molar-refractivity contribution is -0.129. The molecular weight excluding hydrogens is 226 g/mol. The lowest BCUT2D eigenvalue weighted by atomic mass is 10.1. The minimum Gasteiger partial charge on any atom is -0.391 e. The molecule has 1 aliphatic heterocycles. The Labute approximate surface area is 99.6 Å². The van der Waals surface area contributed by atoms with E-state index in [-0.39, 0.29) is 18.4 Å². The summed E-state index contributed by atoms with van der Waals surface area (Å²) in [6.45, 7) is 2.38. The van der Waals surface area contributed by atoms with Gasteiger partial charge in [0, 0.05) is 11.6 Å². The van der Waals surface area contributed by atoms with Gasteiger partial charge in [0.2, 0.25) is 5.91 Å². The van der Waals surface area contributed by atoms with Crippen molar-refractivity contribution < 1.29 is 9.90 Å². The molecule has 1 fully saturated rings. The predicted molar refractivity (Wildman–Crippen MR) is 62.2 cm³/mol. The van der Waals surface area contributed by atoms with Crippen molar-refractivity contribution in [3.63, 3.8) is 0 Å². The Morgan fingerprint density at radius 3 is 2.56 bits per heavy atom. The smallest absolute Gasteiger partial charge is 0.225 e. The quantitative estimate of drug-likeness (QED) is 0.858. The first-order valence-electron chi connectivity index (χ1n) is 5.31. The van der Waals surface area contributed by atoms with Crippen LogP contribution in [0.1, 0.15) is 24.9 Å². The van der Waals surface area contributed by atoms with Crippen LogP contribution in [0, 0.1) is 0 Å². The number of rotatable bonds is 2. The number of β-amino-alcohol motifs (C(OH)–C–C–N with tert-alkyl or cyclic N) is 1. The minimum atomic E-state index is -0.526. The number of nitrogens with zero attached hydrogens (tertiary/aromatic N) is 1. The molecule has 0 spiro atoms. The molecule has 1 saturated heterocycles. The number of aliphatic hydroxyl groups excluding tert-OH is 1. The van der Waals surface area contributed by atoms with Gasteiger partial charge in [-0.1, -0.05) is 23.7 Å². The van der Waals surface area contributed by atoms with Crippen LogP contribution in [0.5, 0.6) is 0 Å². The van der Waals surface area contributed by atoms with Gasteiger partial charge in [0.15, 0.2) is 0 Å². The van der Waals surface area contributed by atoms with Gasteiger partial charge in [-0.05, 0) is 24.6 Å². The summed E-state index contributed by atoms with van der Waals surface area (Å²) < 4.78 is 0. The number of aliphatic hydroxyl groups is 1. The first kappa shape index (κ1) is 11.4. The molecule has 2 rings (SSSR count). The summed E-state index contributed by atoms with van der Waals surface area (Å²) in [7, 11) is 0. The third kappa shape index (κ3) is 2.20. The zero-order valence-corrected chi connectivity index (χ0v) is 9.81. The monoisotopic (exact) mass is 239 g/mol.